The molecule has 1 aliphatic heterocycles. The van der Waals surface area contributed by atoms with Crippen LogP contribution >= 0.6 is 11.3 Å². The zero-order valence-electron chi connectivity index (χ0n) is 20.0. The van der Waals surface area contributed by atoms with Crippen LogP contribution < -0.4 is 9.47 Å². The van der Waals surface area contributed by atoms with E-state index in [-0.39, 0.29) is 0 Å². The van der Waals surface area contributed by atoms with Gasteiger partial charge < -0.3 is 23.8 Å². The minimum absolute atomic E-state index is 0.595. The van der Waals surface area contributed by atoms with E-state index in [0.717, 1.165) is 19.6 Å². The molecule has 0 aliphatic carbocycles. The summed E-state index contributed by atoms with van der Waals surface area (Å²) in [6, 6.07) is 17.3. The summed E-state index contributed by atoms with van der Waals surface area (Å²) in [7, 11) is 0. The lowest BCUT2D eigenvalue weighted by Gasteiger charge is -2.25. The van der Waals surface area contributed by atoms with Gasteiger partial charge in [0.1, 0.15) is 11.2 Å². The molecular formula is C27H35N2O4S+. The normalized spacial score (nSPS) is 17.6. The second-order valence-electron chi connectivity index (χ2n) is 8.01. The summed E-state index contributed by atoms with van der Waals surface area (Å²) in [5.41, 5.74) is 3.65. The molecule has 0 saturated carbocycles. The molecule has 0 bridgehead atoms. The number of benzene rings is 2. The highest BCUT2D eigenvalue weighted by molar-refractivity contribution is 7.18. The van der Waals surface area contributed by atoms with E-state index in [0.29, 0.717) is 52.9 Å². The molecule has 0 N–H and O–H groups in total. The summed E-state index contributed by atoms with van der Waals surface area (Å²) in [6.07, 6.45) is 4.41. The molecule has 4 rings (SSSR count). The molecule has 0 atom stereocenters. The van der Waals surface area contributed by atoms with E-state index in [1.807, 2.05) is 11.3 Å². The van der Waals surface area contributed by atoms with Crippen molar-refractivity contribution in [3.05, 3.63) is 59.1 Å². The van der Waals surface area contributed by atoms with Gasteiger partial charge in [-0.25, -0.2) is 0 Å². The van der Waals surface area contributed by atoms with Crippen molar-refractivity contribution >= 4 is 39.4 Å². The Labute approximate surface area is 206 Å². The summed E-state index contributed by atoms with van der Waals surface area (Å²) in [6.45, 7) is 9.68. The SMILES string of the molecule is CC[n+]1c(C=Cc2ccc(N3CCOCCOCCOCCOCC3)cc2)sc2ccccc21. The number of fused-ring (bicyclic) bond motifs is 1. The molecule has 182 valence electrons. The fourth-order valence-electron chi connectivity index (χ4n) is 3.95. The zero-order chi connectivity index (χ0) is 23.4. The van der Waals surface area contributed by atoms with Crippen LogP contribution in [0.5, 0.6) is 0 Å². The largest absolute Gasteiger partial charge is 0.377 e. The molecule has 1 aromatic heterocycles. The Hall–Kier alpha value is -2.29. The minimum atomic E-state index is 0.595. The van der Waals surface area contributed by atoms with Gasteiger partial charge in [0.25, 0.3) is 5.01 Å². The number of rotatable bonds is 4. The maximum atomic E-state index is 5.76. The fraction of sp³-hybridized carbons (Fsp3) is 0.444. The molecule has 0 radical (unpaired) electrons. The van der Waals surface area contributed by atoms with Crippen LogP contribution in [0.15, 0.2) is 48.5 Å². The van der Waals surface area contributed by atoms with Gasteiger partial charge in [-0.05, 0) is 36.8 Å². The van der Waals surface area contributed by atoms with E-state index in [1.54, 1.807) is 0 Å². The molecular weight excluding hydrogens is 448 g/mol. The Morgan fingerprint density at radius 1 is 0.765 bits per heavy atom. The van der Waals surface area contributed by atoms with Crippen molar-refractivity contribution in [3.8, 4) is 0 Å². The number of aromatic nitrogens is 1. The quantitative estimate of drug-likeness (QED) is 0.519. The number of hydrogen-bond acceptors (Lipinski definition) is 6. The van der Waals surface area contributed by atoms with Crippen molar-refractivity contribution in [3.63, 3.8) is 0 Å². The molecule has 7 heteroatoms. The summed E-state index contributed by atoms with van der Waals surface area (Å²) < 4.78 is 26.2. The smallest absolute Gasteiger partial charge is 0.262 e. The third-order valence-electron chi connectivity index (χ3n) is 5.76. The van der Waals surface area contributed by atoms with Gasteiger partial charge in [-0.15, -0.1) is 0 Å². The topological polar surface area (TPSA) is 44.0 Å². The Morgan fingerprint density at radius 3 is 1.97 bits per heavy atom. The van der Waals surface area contributed by atoms with Crippen molar-refractivity contribution in [2.24, 2.45) is 0 Å². The van der Waals surface area contributed by atoms with Gasteiger partial charge >= 0.3 is 0 Å². The minimum Gasteiger partial charge on any atom is -0.377 e. The van der Waals surface area contributed by atoms with Crippen molar-refractivity contribution in [1.29, 1.82) is 0 Å². The molecule has 34 heavy (non-hydrogen) atoms. The van der Waals surface area contributed by atoms with Crippen LogP contribution in [0.2, 0.25) is 0 Å². The molecule has 2 aromatic carbocycles. The van der Waals surface area contributed by atoms with Gasteiger partial charge in [0.05, 0.1) is 52.9 Å². The van der Waals surface area contributed by atoms with E-state index in [1.165, 1.54) is 26.5 Å². The predicted octanol–water partition coefficient (Wildman–Crippen LogP) is 4.27. The van der Waals surface area contributed by atoms with E-state index in [2.05, 4.69) is 77.1 Å². The number of nitrogens with zero attached hydrogens (tertiary/aromatic N) is 2. The van der Waals surface area contributed by atoms with Gasteiger partial charge in [0, 0.05) is 30.9 Å². The number of aryl methyl sites for hydroxylation is 1. The molecule has 1 saturated heterocycles. The number of anilines is 1. The van der Waals surface area contributed by atoms with Crippen LogP contribution in [0.3, 0.4) is 0 Å². The number of hydrogen-bond donors (Lipinski definition) is 0. The van der Waals surface area contributed by atoms with Crippen LogP contribution in [0, 0.1) is 0 Å². The standard InChI is InChI=1S/C27H35N2O4S/c1-2-29-25-5-3-4-6-26(25)34-27(29)12-9-23-7-10-24(11-8-23)28-13-15-30-17-19-32-21-22-33-20-18-31-16-14-28/h3-12H,2,13-22H2,1H3/q+1. The summed E-state index contributed by atoms with van der Waals surface area (Å²) >= 11 is 1.83. The summed E-state index contributed by atoms with van der Waals surface area (Å²) in [5.74, 6) is 0. The second kappa shape index (κ2) is 13.6. The highest BCUT2D eigenvalue weighted by Crippen LogP contribution is 2.22. The van der Waals surface area contributed by atoms with Crippen molar-refractivity contribution in [2.75, 3.05) is 70.8 Å². The van der Waals surface area contributed by atoms with Gasteiger partial charge in [0.2, 0.25) is 5.52 Å². The number of ether oxygens (including phenoxy) is 4. The highest BCUT2D eigenvalue weighted by Gasteiger charge is 2.16. The Balaban J connectivity index is 1.40. The molecule has 3 aromatic rings. The molecule has 6 nitrogen and oxygen atoms in total. The Kier molecular flexibility index (Phi) is 9.90. The van der Waals surface area contributed by atoms with E-state index >= 15 is 0 Å². The van der Waals surface area contributed by atoms with Crippen molar-refractivity contribution < 1.29 is 23.5 Å². The van der Waals surface area contributed by atoms with E-state index in [9.17, 15) is 0 Å². The Bertz CT molecular complexity index is 1020. The molecule has 1 aliphatic rings. The number of para-hydroxylation sites is 1. The van der Waals surface area contributed by atoms with Crippen LogP contribution in [0.25, 0.3) is 22.4 Å². The maximum absolute atomic E-state index is 5.76. The van der Waals surface area contributed by atoms with E-state index in [4.69, 9.17) is 18.9 Å². The second-order valence-corrected chi connectivity index (χ2v) is 9.08. The average molecular weight is 484 g/mol. The third kappa shape index (κ3) is 7.10. The van der Waals surface area contributed by atoms with Crippen LogP contribution in [-0.4, -0.2) is 65.9 Å². The van der Waals surface area contributed by atoms with Crippen LogP contribution in [0.4, 0.5) is 5.69 Å². The third-order valence-corrected chi connectivity index (χ3v) is 6.89. The van der Waals surface area contributed by atoms with Gasteiger partial charge in [-0.2, -0.15) is 4.57 Å². The summed E-state index contributed by atoms with van der Waals surface area (Å²) in [5, 5.41) is 1.26. The summed E-state index contributed by atoms with van der Waals surface area (Å²) in [4.78, 5) is 2.31. The molecule has 1 fully saturated rings. The van der Waals surface area contributed by atoms with Crippen LogP contribution in [0.1, 0.15) is 17.5 Å². The molecule has 0 unspecified atom stereocenters. The van der Waals surface area contributed by atoms with Crippen molar-refractivity contribution in [2.45, 2.75) is 13.5 Å². The molecule has 0 spiro atoms. The monoisotopic (exact) mass is 483 g/mol. The first-order valence-electron chi connectivity index (χ1n) is 12.1. The lowest BCUT2D eigenvalue weighted by molar-refractivity contribution is -0.665. The van der Waals surface area contributed by atoms with Crippen molar-refractivity contribution in [1.82, 2.24) is 0 Å². The molecule has 2 heterocycles. The first kappa shape index (κ1) is 24.8. The highest BCUT2D eigenvalue weighted by atomic mass is 32.1. The molecule has 0 amide bonds. The number of thiazole rings is 1. The first-order valence-corrected chi connectivity index (χ1v) is 12.9. The maximum Gasteiger partial charge on any atom is 0.262 e. The zero-order valence-corrected chi connectivity index (χ0v) is 20.8. The first-order chi connectivity index (χ1) is 16.8. The fourth-order valence-corrected chi connectivity index (χ4v) is 5.08. The lowest BCUT2D eigenvalue weighted by atomic mass is 10.2. The predicted molar refractivity (Wildman–Crippen MR) is 139 cm³/mol. The average Bonchev–Trinajstić information content (AvgIpc) is 3.23. The van der Waals surface area contributed by atoms with E-state index < -0.39 is 0 Å². The van der Waals surface area contributed by atoms with Gasteiger partial charge in [0.15, 0.2) is 0 Å². The lowest BCUT2D eigenvalue weighted by Crippen LogP contribution is -2.33. The van der Waals surface area contributed by atoms with Gasteiger partial charge in [-0.3, -0.25) is 0 Å². The van der Waals surface area contributed by atoms with Gasteiger partial charge in [-0.1, -0.05) is 35.6 Å². The van der Waals surface area contributed by atoms with Crippen LogP contribution in [-0.2, 0) is 25.5 Å². The Morgan fingerprint density at radius 2 is 1.35 bits per heavy atom.